The molecule has 21 heavy (non-hydrogen) atoms. The molecule has 0 aliphatic carbocycles. The van der Waals surface area contributed by atoms with Crippen LogP contribution in [0.1, 0.15) is 29.8 Å². The van der Waals surface area contributed by atoms with E-state index in [4.69, 9.17) is 19.7 Å². The second kappa shape index (κ2) is 7.19. The van der Waals surface area contributed by atoms with Crippen molar-refractivity contribution in [2.75, 3.05) is 7.11 Å². The van der Waals surface area contributed by atoms with Crippen molar-refractivity contribution in [2.24, 2.45) is 5.73 Å². The molecule has 2 N–H and O–H groups in total. The fourth-order valence-corrected chi connectivity index (χ4v) is 1.97. The van der Waals surface area contributed by atoms with E-state index in [0.29, 0.717) is 25.4 Å². The van der Waals surface area contributed by atoms with E-state index >= 15 is 0 Å². The molecule has 1 unspecified atom stereocenters. The molecule has 0 spiro atoms. The first-order valence-electron chi connectivity index (χ1n) is 6.86. The van der Waals surface area contributed by atoms with Crippen molar-refractivity contribution in [3.05, 3.63) is 41.0 Å². The molecule has 0 radical (unpaired) electrons. The molecular formula is C15H21N3O3. The minimum Gasteiger partial charge on any atom is -0.485 e. The van der Waals surface area contributed by atoms with Crippen molar-refractivity contribution >= 4 is 0 Å². The number of methoxy groups -OCH3 is 1. The van der Waals surface area contributed by atoms with Crippen molar-refractivity contribution in [3.8, 4) is 5.75 Å². The van der Waals surface area contributed by atoms with E-state index in [1.807, 2.05) is 32.0 Å². The number of rotatable bonds is 7. The predicted molar refractivity (Wildman–Crippen MR) is 77.9 cm³/mol. The zero-order valence-corrected chi connectivity index (χ0v) is 12.6. The molecule has 0 aromatic carbocycles. The van der Waals surface area contributed by atoms with E-state index in [-0.39, 0.29) is 6.04 Å². The van der Waals surface area contributed by atoms with Crippen molar-refractivity contribution in [2.45, 2.75) is 39.5 Å². The number of hydrogen-bond donors (Lipinski definition) is 1. The second-order valence-corrected chi connectivity index (χ2v) is 5.09. The molecule has 0 aliphatic rings. The summed E-state index contributed by atoms with van der Waals surface area (Å²) in [6.45, 7) is 4.62. The molecule has 114 valence electrons. The summed E-state index contributed by atoms with van der Waals surface area (Å²) in [5.74, 6) is 1.41. The van der Waals surface area contributed by atoms with Crippen LogP contribution in [0.15, 0.2) is 22.7 Å². The van der Waals surface area contributed by atoms with Gasteiger partial charge in [0.1, 0.15) is 24.7 Å². The van der Waals surface area contributed by atoms with E-state index in [0.717, 1.165) is 22.8 Å². The lowest BCUT2D eigenvalue weighted by Crippen LogP contribution is -2.19. The van der Waals surface area contributed by atoms with Gasteiger partial charge in [0, 0.05) is 31.3 Å². The largest absolute Gasteiger partial charge is 0.485 e. The zero-order valence-electron chi connectivity index (χ0n) is 12.6. The number of aromatic nitrogens is 2. The van der Waals surface area contributed by atoms with Crippen molar-refractivity contribution in [1.82, 2.24) is 10.1 Å². The van der Waals surface area contributed by atoms with Gasteiger partial charge in [-0.15, -0.1) is 0 Å². The molecule has 2 aromatic rings. The lowest BCUT2D eigenvalue weighted by Gasteiger charge is -2.12. The third kappa shape index (κ3) is 4.54. The third-order valence-corrected chi connectivity index (χ3v) is 2.86. The number of hydrogen-bond acceptors (Lipinski definition) is 6. The molecule has 2 rings (SSSR count). The van der Waals surface area contributed by atoms with Crippen LogP contribution in [-0.4, -0.2) is 23.3 Å². The predicted octanol–water partition coefficient (Wildman–Crippen LogP) is 1.99. The number of aryl methyl sites for hydroxylation is 1. The van der Waals surface area contributed by atoms with Gasteiger partial charge in [-0.25, -0.2) is 0 Å². The summed E-state index contributed by atoms with van der Waals surface area (Å²) in [6.07, 6.45) is 0.671. The SMILES string of the molecule is COCc1cc(COc2ccc(C)nc2CC(C)N)no1. The number of ether oxygens (including phenoxy) is 2. The van der Waals surface area contributed by atoms with Crippen molar-refractivity contribution in [1.29, 1.82) is 0 Å². The Balaban J connectivity index is 2.04. The second-order valence-electron chi connectivity index (χ2n) is 5.09. The number of pyridine rings is 1. The summed E-state index contributed by atoms with van der Waals surface area (Å²) >= 11 is 0. The lowest BCUT2D eigenvalue weighted by atomic mass is 10.1. The van der Waals surface area contributed by atoms with E-state index in [2.05, 4.69) is 10.1 Å². The molecule has 1 atom stereocenters. The summed E-state index contributed by atoms with van der Waals surface area (Å²) in [5.41, 5.74) is 8.38. The maximum absolute atomic E-state index is 5.85. The minimum absolute atomic E-state index is 0.0296. The first-order chi connectivity index (χ1) is 10.1. The first kappa shape index (κ1) is 15.5. The average Bonchev–Trinajstić information content (AvgIpc) is 2.85. The van der Waals surface area contributed by atoms with Crippen LogP contribution >= 0.6 is 0 Å². The van der Waals surface area contributed by atoms with Crippen molar-refractivity contribution in [3.63, 3.8) is 0 Å². The molecule has 0 aliphatic heterocycles. The standard InChI is InChI=1S/C15H21N3O3/c1-10(16)6-14-15(5-4-11(2)17-14)20-8-12-7-13(9-19-3)21-18-12/h4-5,7,10H,6,8-9,16H2,1-3H3. The smallest absolute Gasteiger partial charge is 0.162 e. The normalized spacial score (nSPS) is 12.4. The molecule has 0 saturated carbocycles. The van der Waals surface area contributed by atoms with Gasteiger partial charge in [-0.2, -0.15) is 0 Å². The molecule has 2 heterocycles. The Morgan fingerprint density at radius 2 is 2.14 bits per heavy atom. The van der Waals surface area contributed by atoms with Crippen LogP contribution in [0, 0.1) is 6.92 Å². The Hall–Kier alpha value is -1.92. The van der Waals surface area contributed by atoms with E-state index in [9.17, 15) is 0 Å². The minimum atomic E-state index is 0.0296. The summed E-state index contributed by atoms with van der Waals surface area (Å²) in [4.78, 5) is 4.49. The lowest BCUT2D eigenvalue weighted by molar-refractivity contribution is 0.155. The molecule has 0 amide bonds. The molecule has 2 aromatic heterocycles. The molecule has 6 heteroatoms. The van der Waals surface area contributed by atoms with Crippen molar-refractivity contribution < 1.29 is 14.0 Å². The summed E-state index contributed by atoms with van der Waals surface area (Å²) in [6, 6.07) is 5.67. The molecule has 0 fully saturated rings. The topological polar surface area (TPSA) is 83.4 Å². The number of nitrogens with zero attached hydrogens (tertiary/aromatic N) is 2. The van der Waals surface area contributed by atoms with E-state index in [1.165, 1.54) is 0 Å². The average molecular weight is 291 g/mol. The van der Waals surface area contributed by atoms with Crippen LogP contribution < -0.4 is 10.5 Å². The monoisotopic (exact) mass is 291 g/mol. The first-order valence-corrected chi connectivity index (χ1v) is 6.86. The summed E-state index contributed by atoms with van der Waals surface area (Å²) in [5, 5.41) is 3.93. The highest BCUT2D eigenvalue weighted by Gasteiger charge is 2.10. The van der Waals surface area contributed by atoms with Crippen LogP contribution in [0.2, 0.25) is 0 Å². The van der Waals surface area contributed by atoms with Gasteiger partial charge in [0.25, 0.3) is 0 Å². The highest BCUT2D eigenvalue weighted by molar-refractivity contribution is 5.30. The van der Waals surface area contributed by atoms with Gasteiger partial charge in [-0.3, -0.25) is 4.98 Å². The van der Waals surface area contributed by atoms with E-state index in [1.54, 1.807) is 7.11 Å². The zero-order chi connectivity index (χ0) is 15.2. The fourth-order valence-electron chi connectivity index (χ4n) is 1.97. The van der Waals surface area contributed by atoms with E-state index < -0.39 is 0 Å². The summed E-state index contributed by atoms with van der Waals surface area (Å²) in [7, 11) is 1.61. The summed E-state index contributed by atoms with van der Waals surface area (Å²) < 4.78 is 15.9. The van der Waals surface area contributed by atoms with Gasteiger partial charge in [-0.05, 0) is 26.0 Å². The van der Waals surface area contributed by atoms with Crippen LogP contribution in [0.4, 0.5) is 0 Å². The van der Waals surface area contributed by atoms with Gasteiger partial charge in [-0.1, -0.05) is 5.16 Å². The Labute approximate surface area is 124 Å². The van der Waals surface area contributed by atoms with Gasteiger partial charge in [0.05, 0.1) is 5.69 Å². The fraction of sp³-hybridized carbons (Fsp3) is 0.467. The Kier molecular flexibility index (Phi) is 5.30. The maximum atomic E-state index is 5.85. The van der Waals surface area contributed by atoms with Gasteiger partial charge in [0.2, 0.25) is 0 Å². The molecular weight excluding hydrogens is 270 g/mol. The quantitative estimate of drug-likeness (QED) is 0.840. The van der Waals surface area contributed by atoms with Gasteiger partial charge >= 0.3 is 0 Å². The van der Waals surface area contributed by atoms with Crippen LogP contribution in [0.5, 0.6) is 5.75 Å². The van der Waals surface area contributed by atoms with Crippen LogP contribution in [0.3, 0.4) is 0 Å². The molecule has 0 saturated heterocycles. The number of nitrogens with two attached hydrogens (primary N) is 1. The van der Waals surface area contributed by atoms with Gasteiger partial charge < -0.3 is 19.7 Å². The van der Waals surface area contributed by atoms with Crippen LogP contribution in [-0.2, 0) is 24.4 Å². The molecule has 6 nitrogen and oxygen atoms in total. The molecule has 0 bridgehead atoms. The Morgan fingerprint density at radius 3 is 2.86 bits per heavy atom. The third-order valence-electron chi connectivity index (χ3n) is 2.86. The Bertz CT molecular complexity index is 581. The maximum Gasteiger partial charge on any atom is 0.162 e. The highest BCUT2D eigenvalue weighted by atomic mass is 16.5. The van der Waals surface area contributed by atoms with Crippen LogP contribution in [0.25, 0.3) is 0 Å². The van der Waals surface area contributed by atoms with Gasteiger partial charge in [0.15, 0.2) is 5.76 Å². The highest BCUT2D eigenvalue weighted by Crippen LogP contribution is 2.20. The Morgan fingerprint density at radius 1 is 1.33 bits per heavy atom.